The summed E-state index contributed by atoms with van der Waals surface area (Å²) in [5.41, 5.74) is 2.09. The van der Waals surface area contributed by atoms with Crippen LogP contribution < -0.4 is 20.4 Å². The topological polar surface area (TPSA) is 118 Å². The average molecular weight is 391 g/mol. The van der Waals surface area contributed by atoms with Crippen LogP contribution in [0.2, 0.25) is 0 Å². The molecule has 0 amide bonds. The first-order valence-corrected chi connectivity index (χ1v) is 9.09. The van der Waals surface area contributed by atoms with Gasteiger partial charge in [-0.3, -0.25) is 4.98 Å². The van der Waals surface area contributed by atoms with Crippen LogP contribution in [-0.4, -0.2) is 43.2 Å². The molecular formula is C21H17N3O5-2. The maximum Gasteiger partial charge on any atom is 0.0956 e. The van der Waals surface area contributed by atoms with Crippen LogP contribution in [0.4, 0.5) is 17.1 Å². The number of hydrogen-bond acceptors (Lipinski definition) is 8. The molecule has 1 aliphatic heterocycles. The van der Waals surface area contributed by atoms with Crippen LogP contribution in [0.3, 0.4) is 0 Å². The van der Waals surface area contributed by atoms with E-state index in [-0.39, 0.29) is 11.1 Å². The molecule has 4 rings (SSSR count). The predicted octanol–water partition coefficient (Wildman–Crippen LogP) is 0.542. The van der Waals surface area contributed by atoms with Gasteiger partial charge in [0, 0.05) is 35.9 Å². The molecule has 0 spiro atoms. The number of morpholine rings is 1. The van der Waals surface area contributed by atoms with Gasteiger partial charge in [-0.1, -0.05) is 24.3 Å². The van der Waals surface area contributed by atoms with E-state index < -0.39 is 11.9 Å². The van der Waals surface area contributed by atoms with Crippen molar-refractivity contribution in [3.63, 3.8) is 0 Å². The number of carboxylic acid groups (broad SMARTS) is 2. The van der Waals surface area contributed by atoms with Crippen molar-refractivity contribution in [3.8, 4) is 0 Å². The maximum atomic E-state index is 11.7. The molecule has 2 aromatic carbocycles. The van der Waals surface area contributed by atoms with Crippen LogP contribution in [0, 0.1) is 0 Å². The number of aromatic nitrogens is 1. The number of ether oxygens (including phenoxy) is 1. The van der Waals surface area contributed by atoms with Gasteiger partial charge in [-0.15, -0.1) is 0 Å². The van der Waals surface area contributed by atoms with E-state index in [2.05, 4.69) is 15.2 Å². The van der Waals surface area contributed by atoms with Crippen LogP contribution in [0.1, 0.15) is 20.7 Å². The molecule has 148 valence electrons. The fraction of sp³-hybridized carbons (Fsp3) is 0.190. The first kappa shape index (κ1) is 18.7. The van der Waals surface area contributed by atoms with E-state index in [0.717, 1.165) is 5.69 Å². The second kappa shape index (κ2) is 7.76. The fourth-order valence-corrected chi connectivity index (χ4v) is 3.42. The van der Waals surface area contributed by atoms with Crippen molar-refractivity contribution in [1.29, 1.82) is 0 Å². The van der Waals surface area contributed by atoms with Gasteiger partial charge in [0.25, 0.3) is 0 Å². The van der Waals surface area contributed by atoms with Crippen molar-refractivity contribution in [1.82, 2.24) is 4.98 Å². The number of hydrogen-bond donors (Lipinski definition) is 1. The van der Waals surface area contributed by atoms with Gasteiger partial charge in [-0.2, -0.15) is 0 Å². The second-order valence-corrected chi connectivity index (χ2v) is 6.60. The van der Waals surface area contributed by atoms with Gasteiger partial charge in [0.2, 0.25) is 0 Å². The standard InChI is InChI=1S/C21H19N3O5/c25-20(26)13-3-1-4-14(11-13)23-18-15-5-2-6-17(24-7-9-29-10-8-24)19(15)22-12-16(18)21(27)28/h1-6,11-12H,7-10H2,(H,22,23)(H,25,26)(H,27,28)/p-2. The van der Waals surface area contributed by atoms with Crippen molar-refractivity contribution in [3.05, 3.63) is 59.8 Å². The largest absolute Gasteiger partial charge is 0.545 e. The molecule has 1 aliphatic rings. The Balaban J connectivity index is 1.84. The lowest BCUT2D eigenvalue weighted by atomic mass is 10.1. The van der Waals surface area contributed by atoms with E-state index in [4.69, 9.17) is 4.74 Å². The summed E-state index contributed by atoms with van der Waals surface area (Å²) in [6.45, 7) is 2.63. The van der Waals surface area contributed by atoms with Gasteiger partial charge in [-0.05, 0) is 23.8 Å². The van der Waals surface area contributed by atoms with Gasteiger partial charge < -0.3 is 34.8 Å². The quantitative estimate of drug-likeness (QED) is 0.670. The Morgan fingerprint density at radius 3 is 2.52 bits per heavy atom. The van der Waals surface area contributed by atoms with E-state index in [0.29, 0.717) is 48.6 Å². The molecule has 8 heteroatoms. The molecule has 2 heterocycles. The van der Waals surface area contributed by atoms with Crippen molar-refractivity contribution >= 4 is 39.9 Å². The third-order valence-corrected chi connectivity index (χ3v) is 4.82. The highest BCUT2D eigenvalue weighted by Crippen LogP contribution is 2.34. The zero-order valence-corrected chi connectivity index (χ0v) is 15.4. The van der Waals surface area contributed by atoms with E-state index in [9.17, 15) is 19.8 Å². The highest BCUT2D eigenvalue weighted by atomic mass is 16.5. The lowest BCUT2D eigenvalue weighted by Gasteiger charge is -2.30. The lowest BCUT2D eigenvalue weighted by Crippen LogP contribution is -2.36. The molecule has 1 aromatic heterocycles. The van der Waals surface area contributed by atoms with Crippen LogP contribution in [0.15, 0.2) is 48.7 Å². The zero-order chi connectivity index (χ0) is 20.4. The van der Waals surface area contributed by atoms with Crippen LogP contribution >= 0.6 is 0 Å². The van der Waals surface area contributed by atoms with Crippen molar-refractivity contribution < 1.29 is 24.5 Å². The number of benzene rings is 2. The molecule has 0 saturated carbocycles. The summed E-state index contributed by atoms with van der Waals surface area (Å²) < 4.78 is 5.40. The number of carbonyl (C=O) groups excluding carboxylic acids is 2. The number of carbonyl (C=O) groups is 2. The molecule has 0 atom stereocenters. The summed E-state index contributed by atoms with van der Waals surface area (Å²) in [6, 6.07) is 11.5. The number of fused-ring (bicyclic) bond motifs is 1. The summed E-state index contributed by atoms with van der Waals surface area (Å²) in [7, 11) is 0. The van der Waals surface area contributed by atoms with E-state index in [1.807, 2.05) is 12.1 Å². The Labute approximate surface area is 166 Å². The van der Waals surface area contributed by atoms with Gasteiger partial charge in [0.15, 0.2) is 0 Å². The number of nitrogens with one attached hydrogen (secondary N) is 1. The average Bonchev–Trinajstić information content (AvgIpc) is 2.74. The highest BCUT2D eigenvalue weighted by molar-refractivity contribution is 6.07. The normalized spacial score (nSPS) is 14.0. The summed E-state index contributed by atoms with van der Waals surface area (Å²) in [4.78, 5) is 29.4. The minimum absolute atomic E-state index is 0.0163. The monoisotopic (exact) mass is 391 g/mol. The summed E-state index contributed by atoms with van der Waals surface area (Å²) in [5, 5.41) is 26.5. The Hall–Kier alpha value is -3.65. The van der Waals surface area contributed by atoms with Gasteiger partial charge in [-0.25, -0.2) is 0 Å². The fourth-order valence-electron chi connectivity index (χ4n) is 3.42. The van der Waals surface area contributed by atoms with Gasteiger partial charge in [0.1, 0.15) is 0 Å². The van der Waals surface area contributed by atoms with E-state index in [1.165, 1.54) is 18.3 Å². The van der Waals surface area contributed by atoms with Crippen molar-refractivity contribution in [2.24, 2.45) is 0 Å². The van der Waals surface area contributed by atoms with Gasteiger partial charge in [0.05, 0.1) is 42.0 Å². The lowest BCUT2D eigenvalue weighted by molar-refractivity contribution is -0.256. The van der Waals surface area contributed by atoms with Crippen LogP contribution in [0.25, 0.3) is 10.9 Å². The molecule has 29 heavy (non-hydrogen) atoms. The zero-order valence-electron chi connectivity index (χ0n) is 15.4. The summed E-state index contributed by atoms with van der Waals surface area (Å²) >= 11 is 0. The van der Waals surface area contributed by atoms with Crippen LogP contribution in [-0.2, 0) is 4.74 Å². The molecule has 1 N–H and O–H groups in total. The number of para-hydroxylation sites is 1. The molecular weight excluding hydrogens is 374 g/mol. The smallest absolute Gasteiger partial charge is 0.0956 e. The van der Waals surface area contributed by atoms with Crippen molar-refractivity contribution in [2.45, 2.75) is 0 Å². The molecule has 0 unspecified atom stereocenters. The predicted molar refractivity (Wildman–Crippen MR) is 103 cm³/mol. The molecule has 3 aromatic rings. The summed E-state index contributed by atoms with van der Waals surface area (Å²) in [5.74, 6) is -2.70. The number of rotatable bonds is 5. The van der Waals surface area contributed by atoms with Crippen LogP contribution in [0.5, 0.6) is 0 Å². The Morgan fingerprint density at radius 2 is 1.79 bits per heavy atom. The molecule has 0 bridgehead atoms. The minimum Gasteiger partial charge on any atom is -0.545 e. The molecule has 1 saturated heterocycles. The maximum absolute atomic E-state index is 11.7. The van der Waals surface area contributed by atoms with Crippen molar-refractivity contribution in [2.75, 3.05) is 36.5 Å². The Kier molecular flexibility index (Phi) is 5.01. The SMILES string of the molecule is O=C([O-])c1cccc(Nc2c(C(=O)[O-])cnc3c(N4CCOCC4)cccc23)c1. The second-order valence-electron chi connectivity index (χ2n) is 6.60. The molecule has 0 aliphatic carbocycles. The number of carboxylic acids is 2. The Morgan fingerprint density at radius 1 is 1.03 bits per heavy atom. The number of nitrogens with zero attached hydrogens (tertiary/aromatic N) is 2. The first-order chi connectivity index (χ1) is 14.0. The van der Waals surface area contributed by atoms with E-state index >= 15 is 0 Å². The molecule has 1 fully saturated rings. The summed E-state index contributed by atoms with van der Waals surface area (Å²) in [6.07, 6.45) is 1.26. The first-order valence-electron chi connectivity index (χ1n) is 9.09. The number of pyridine rings is 1. The van der Waals surface area contributed by atoms with E-state index in [1.54, 1.807) is 18.2 Å². The molecule has 0 radical (unpaired) electrons. The molecule has 8 nitrogen and oxygen atoms in total. The number of aromatic carboxylic acids is 2. The third-order valence-electron chi connectivity index (χ3n) is 4.82. The Bertz CT molecular complexity index is 1090. The van der Waals surface area contributed by atoms with Gasteiger partial charge >= 0.3 is 0 Å². The number of anilines is 3. The highest BCUT2D eigenvalue weighted by Gasteiger charge is 2.18. The minimum atomic E-state index is -1.38. The third kappa shape index (κ3) is 3.70.